The van der Waals surface area contributed by atoms with E-state index in [-0.39, 0.29) is 5.82 Å². The van der Waals surface area contributed by atoms with Crippen LogP contribution in [0.3, 0.4) is 0 Å². The first-order valence-electron chi connectivity index (χ1n) is 10.2. The number of imidazole rings is 1. The number of rotatable bonds is 5. The first-order valence-corrected chi connectivity index (χ1v) is 10.2. The van der Waals surface area contributed by atoms with Gasteiger partial charge < -0.3 is 19.7 Å². The summed E-state index contributed by atoms with van der Waals surface area (Å²) in [6, 6.07) is 17.1. The summed E-state index contributed by atoms with van der Waals surface area (Å²) in [6.45, 7) is 4.87. The maximum absolute atomic E-state index is 13.2. The van der Waals surface area contributed by atoms with Gasteiger partial charge in [0, 0.05) is 57.9 Å². The summed E-state index contributed by atoms with van der Waals surface area (Å²) < 4.78 is 15.3. The zero-order valence-corrected chi connectivity index (χ0v) is 17.2. The van der Waals surface area contributed by atoms with Crippen molar-refractivity contribution in [1.29, 1.82) is 0 Å². The van der Waals surface area contributed by atoms with E-state index in [9.17, 15) is 4.39 Å². The molecule has 0 atom stereocenters. The van der Waals surface area contributed by atoms with Crippen LogP contribution in [-0.2, 0) is 13.1 Å². The predicted molar refractivity (Wildman–Crippen MR) is 118 cm³/mol. The highest BCUT2D eigenvalue weighted by molar-refractivity contribution is 5.80. The van der Waals surface area contributed by atoms with Gasteiger partial charge in [-0.05, 0) is 29.8 Å². The number of guanidine groups is 1. The molecule has 6 nitrogen and oxygen atoms in total. The molecule has 4 rings (SSSR count). The maximum atomic E-state index is 13.2. The monoisotopic (exact) mass is 406 g/mol. The minimum absolute atomic E-state index is 0.201. The zero-order valence-electron chi connectivity index (χ0n) is 17.2. The summed E-state index contributed by atoms with van der Waals surface area (Å²) in [5.41, 5.74) is 2.31. The topological polar surface area (TPSA) is 48.7 Å². The third kappa shape index (κ3) is 4.79. The molecule has 1 fully saturated rings. The molecular weight excluding hydrogens is 379 g/mol. The number of halogens is 1. The molecule has 0 bridgehead atoms. The average molecular weight is 407 g/mol. The number of benzene rings is 2. The average Bonchev–Trinajstić information content (AvgIpc) is 3.23. The van der Waals surface area contributed by atoms with Crippen LogP contribution < -0.4 is 10.2 Å². The van der Waals surface area contributed by atoms with Crippen LogP contribution in [0.25, 0.3) is 0 Å². The Balaban J connectivity index is 1.32. The van der Waals surface area contributed by atoms with E-state index in [1.807, 2.05) is 37.6 Å². The lowest BCUT2D eigenvalue weighted by Gasteiger charge is -2.37. The van der Waals surface area contributed by atoms with Crippen molar-refractivity contribution in [1.82, 2.24) is 19.8 Å². The molecule has 1 aromatic heterocycles. The molecule has 0 amide bonds. The number of aliphatic imine (C=N–C) groups is 1. The zero-order chi connectivity index (χ0) is 20.8. The van der Waals surface area contributed by atoms with E-state index in [4.69, 9.17) is 0 Å². The molecule has 0 saturated carbocycles. The number of nitrogens with zero attached hydrogens (tertiary/aromatic N) is 5. The van der Waals surface area contributed by atoms with Crippen molar-refractivity contribution < 1.29 is 4.39 Å². The SMILES string of the molecule is CN=C(NCc1nccn1Cc1ccccc1)N1CCN(c2ccc(F)cc2)CC1. The van der Waals surface area contributed by atoms with Gasteiger partial charge in [-0.1, -0.05) is 30.3 Å². The van der Waals surface area contributed by atoms with Crippen LogP contribution in [0.5, 0.6) is 0 Å². The highest BCUT2D eigenvalue weighted by Gasteiger charge is 2.20. The lowest BCUT2D eigenvalue weighted by molar-refractivity contribution is 0.371. The molecule has 0 spiro atoms. The number of nitrogens with one attached hydrogen (secondary N) is 1. The van der Waals surface area contributed by atoms with Gasteiger partial charge in [0.05, 0.1) is 6.54 Å². The van der Waals surface area contributed by atoms with Crippen molar-refractivity contribution in [2.75, 3.05) is 38.1 Å². The van der Waals surface area contributed by atoms with E-state index in [1.54, 1.807) is 0 Å². The molecule has 3 aromatic rings. The number of anilines is 1. The summed E-state index contributed by atoms with van der Waals surface area (Å²) in [5, 5.41) is 3.45. The van der Waals surface area contributed by atoms with E-state index < -0.39 is 0 Å². The highest BCUT2D eigenvalue weighted by atomic mass is 19.1. The second-order valence-electron chi connectivity index (χ2n) is 7.31. The molecular formula is C23H27FN6. The molecule has 1 aliphatic rings. The Morgan fingerprint density at radius 3 is 2.47 bits per heavy atom. The molecule has 1 saturated heterocycles. The Hall–Kier alpha value is -3.35. The maximum Gasteiger partial charge on any atom is 0.194 e. The first-order chi connectivity index (χ1) is 14.7. The summed E-state index contributed by atoms with van der Waals surface area (Å²) in [6.07, 6.45) is 3.85. The fraction of sp³-hybridized carbons (Fsp3) is 0.304. The van der Waals surface area contributed by atoms with Crippen LogP contribution in [0.2, 0.25) is 0 Å². The summed E-state index contributed by atoms with van der Waals surface area (Å²) in [7, 11) is 1.81. The molecule has 156 valence electrons. The Morgan fingerprint density at radius 1 is 1.03 bits per heavy atom. The van der Waals surface area contributed by atoms with Gasteiger partial charge >= 0.3 is 0 Å². The van der Waals surface area contributed by atoms with Crippen LogP contribution in [0.1, 0.15) is 11.4 Å². The van der Waals surface area contributed by atoms with Gasteiger partial charge in [-0.25, -0.2) is 9.37 Å². The summed E-state index contributed by atoms with van der Waals surface area (Å²) >= 11 is 0. The number of hydrogen-bond acceptors (Lipinski definition) is 3. The molecule has 1 N–H and O–H groups in total. The van der Waals surface area contributed by atoms with Crippen LogP contribution in [0, 0.1) is 5.82 Å². The molecule has 30 heavy (non-hydrogen) atoms. The quantitative estimate of drug-likeness (QED) is 0.523. The molecule has 0 unspecified atom stereocenters. The molecule has 2 heterocycles. The smallest absolute Gasteiger partial charge is 0.194 e. The Morgan fingerprint density at radius 2 is 1.77 bits per heavy atom. The molecule has 0 radical (unpaired) electrons. The summed E-state index contributed by atoms with van der Waals surface area (Å²) in [5.74, 6) is 1.65. The molecule has 1 aliphatic heterocycles. The second kappa shape index (κ2) is 9.43. The molecule has 7 heteroatoms. The second-order valence-corrected chi connectivity index (χ2v) is 7.31. The first kappa shape index (κ1) is 19.9. The fourth-order valence-corrected chi connectivity index (χ4v) is 3.75. The van der Waals surface area contributed by atoms with Crippen molar-refractivity contribution in [2.24, 2.45) is 4.99 Å². The van der Waals surface area contributed by atoms with Gasteiger partial charge in [0.15, 0.2) is 5.96 Å². The van der Waals surface area contributed by atoms with Crippen LogP contribution in [0.4, 0.5) is 10.1 Å². The number of hydrogen-bond donors (Lipinski definition) is 1. The van der Waals surface area contributed by atoms with Crippen molar-refractivity contribution in [3.8, 4) is 0 Å². The molecule has 2 aromatic carbocycles. The van der Waals surface area contributed by atoms with Crippen LogP contribution in [-0.4, -0.2) is 53.6 Å². The minimum atomic E-state index is -0.201. The number of aromatic nitrogens is 2. The predicted octanol–water partition coefficient (Wildman–Crippen LogP) is 2.97. The van der Waals surface area contributed by atoms with Gasteiger partial charge in [-0.2, -0.15) is 0 Å². The standard InChI is InChI=1S/C23H27FN6/c1-25-23(29-15-13-28(14-16-29)21-9-7-20(24)8-10-21)27-17-22-26-11-12-30(22)18-19-5-3-2-4-6-19/h2-12H,13-18H2,1H3,(H,25,27). The molecule has 0 aliphatic carbocycles. The Bertz CT molecular complexity index is 959. The fourth-order valence-electron chi connectivity index (χ4n) is 3.75. The third-order valence-electron chi connectivity index (χ3n) is 5.38. The van der Waals surface area contributed by atoms with Gasteiger partial charge in [0.25, 0.3) is 0 Å². The lowest BCUT2D eigenvalue weighted by Crippen LogP contribution is -2.52. The third-order valence-corrected chi connectivity index (χ3v) is 5.38. The largest absolute Gasteiger partial charge is 0.368 e. The van der Waals surface area contributed by atoms with Crippen molar-refractivity contribution in [3.63, 3.8) is 0 Å². The van der Waals surface area contributed by atoms with Crippen molar-refractivity contribution in [2.45, 2.75) is 13.1 Å². The lowest BCUT2D eigenvalue weighted by atomic mass is 10.2. The van der Waals surface area contributed by atoms with Gasteiger partial charge in [-0.3, -0.25) is 4.99 Å². The Labute approximate surface area is 176 Å². The van der Waals surface area contributed by atoms with Crippen LogP contribution >= 0.6 is 0 Å². The van der Waals surface area contributed by atoms with Gasteiger partial charge in [-0.15, -0.1) is 0 Å². The van der Waals surface area contributed by atoms with E-state index in [2.05, 4.69) is 53.9 Å². The van der Waals surface area contributed by atoms with E-state index in [0.717, 1.165) is 50.2 Å². The van der Waals surface area contributed by atoms with Gasteiger partial charge in [0.2, 0.25) is 0 Å². The van der Waals surface area contributed by atoms with E-state index >= 15 is 0 Å². The Kier molecular flexibility index (Phi) is 6.27. The van der Waals surface area contributed by atoms with E-state index in [1.165, 1.54) is 17.7 Å². The number of piperazine rings is 1. The summed E-state index contributed by atoms with van der Waals surface area (Å²) in [4.78, 5) is 13.5. The highest BCUT2D eigenvalue weighted by Crippen LogP contribution is 2.17. The van der Waals surface area contributed by atoms with Crippen molar-refractivity contribution >= 4 is 11.6 Å². The van der Waals surface area contributed by atoms with Crippen LogP contribution in [0.15, 0.2) is 72.0 Å². The normalized spacial score (nSPS) is 14.8. The van der Waals surface area contributed by atoms with E-state index in [0.29, 0.717) is 6.54 Å². The minimum Gasteiger partial charge on any atom is -0.368 e. The van der Waals surface area contributed by atoms with Crippen molar-refractivity contribution in [3.05, 3.63) is 84.2 Å². The van der Waals surface area contributed by atoms with Gasteiger partial charge in [0.1, 0.15) is 11.6 Å².